The minimum atomic E-state index is 0.130. The lowest BCUT2D eigenvalue weighted by Gasteiger charge is -2.33. The largest absolute Gasteiger partial charge is 0.497 e. The highest BCUT2D eigenvalue weighted by Crippen LogP contribution is 2.17. The molecular formula is C21H33N3O2S. The van der Waals surface area contributed by atoms with Gasteiger partial charge in [0, 0.05) is 32.1 Å². The van der Waals surface area contributed by atoms with Crippen molar-refractivity contribution in [3.05, 3.63) is 29.8 Å². The van der Waals surface area contributed by atoms with Gasteiger partial charge in [-0.15, -0.1) is 0 Å². The maximum Gasteiger partial charge on any atom is 0.223 e. The van der Waals surface area contributed by atoms with Crippen LogP contribution in [0.4, 0.5) is 0 Å². The summed E-state index contributed by atoms with van der Waals surface area (Å²) in [5.41, 5.74) is 1.25. The summed E-state index contributed by atoms with van der Waals surface area (Å²) in [7, 11) is 1.67. The quantitative estimate of drug-likeness (QED) is 0.500. The van der Waals surface area contributed by atoms with E-state index in [1.165, 1.54) is 18.4 Å². The second-order valence-corrected chi connectivity index (χ2v) is 7.48. The summed E-state index contributed by atoms with van der Waals surface area (Å²) in [6.07, 6.45) is 6.09. The number of nitrogens with zero attached hydrogens (tertiary/aromatic N) is 1. The van der Waals surface area contributed by atoms with Crippen LogP contribution in [0.3, 0.4) is 0 Å². The Morgan fingerprint density at radius 3 is 2.48 bits per heavy atom. The lowest BCUT2D eigenvalue weighted by Crippen LogP contribution is -2.47. The SMILES string of the molecule is CCCCCNC(=O)C1CCN(C(=S)NCCc2ccc(OC)cc2)CC1. The van der Waals surface area contributed by atoms with Crippen molar-refractivity contribution in [2.45, 2.75) is 45.4 Å². The smallest absolute Gasteiger partial charge is 0.223 e. The Kier molecular flexibility index (Phi) is 9.39. The zero-order chi connectivity index (χ0) is 19.5. The number of rotatable bonds is 9. The van der Waals surface area contributed by atoms with Crippen molar-refractivity contribution in [2.75, 3.05) is 33.3 Å². The molecule has 1 aromatic rings. The van der Waals surface area contributed by atoms with E-state index >= 15 is 0 Å². The number of hydrogen-bond donors (Lipinski definition) is 2. The number of ether oxygens (including phenoxy) is 1. The molecule has 0 bridgehead atoms. The third kappa shape index (κ3) is 7.37. The van der Waals surface area contributed by atoms with Crippen molar-refractivity contribution >= 4 is 23.2 Å². The Morgan fingerprint density at radius 1 is 1.15 bits per heavy atom. The van der Waals surface area contributed by atoms with Gasteiger partial charge in [-0.2, -0.15) is 0 Å². The first-order valence-corrected chi connectivity index (χ1v) is 10.5. The second-order valence-electron chi connectivity index (χ2n) is 7.09. The van der Waals surface area contributed by atoms with Gasteiger partial charge in [0.15, 0.2) is 5.11 Å². The summed E-state index contributed by atoms with van der Waals surface area (Å²) in [6, 6.07) is 8.11. The number of thiocarbonyl (C=S) groups is 1. The molecule has 0 radical (unpaired) electrons. The first-order chi connectivity index (χ1) is 13.1. The molecule has 1 aromatic carbocycles. The molecule has 0 saturated carbocycles. The van der Waals surface area contributed by atoms with Crippen LogP contribution in [-0.4, -0.2) is 49.2 Å². The molecule has 0 atom stereocenters. The number of piperidine rings is 1. The van der Waals surface area contributed by atoms with Crippen molar-refractivity contribution < 1.29 is 9.53 Å². The van der Waals surface area contributed by atoms with Crippen molar-refractivity contribution in [1.29, 1.82) is 0 Å². The van der Waals surface area contributed by atoms with E-state index in [4.69, 9.17) is 17.0 Å². The van der Waals surface area contributed by atoms with Crippen molar-refractivity contribution in [1.82, 2.24) is 15.5 Å². The molecule has 1 fully saturated rings. The molecule has 0 aliphatic carbocycles. The molecule has 1 aliphatic heterocycles. The van der Waals surface area contributed by atoms with Gasteiger partial charge < -0.3 is 20.3 Å². The molecule has 27 heavy (non-hydrogen) atoms. The van der Waals surface area contributed by atoms with E-state index in [9.17, 15) is 4.79 Å². The van der Waals surface area contributed by atoms with Gasteiger partial charge in [0.05, 0.1) is 7.11 Å². The molecule has 5 nitrogen and oxygen atoms in total. The average Bonchev–Trinajstić information content (AvgIpc) is 2.71. The lowest BCUT2D eigenvalue weighted by atomic mass is 9.96. The van der Waals surface area contributed by atoms with E-state index in [0.29, 0.717) is 0 Å². The Bertz CT molecular complexity index is 584. The minimum absolute atomic E-state index is 0.130. The van der Waals surface area contributed by atoms with Crippen LogP contribution in [0.25, 0.3) is 0 Å². The van der Waals surface area contributed by atoms with Crippen LogP contribution in [0.2, 0.25) is 0 Å². The Morgan fingerprint density at radius 2 is 1.85 bits per heavy atom. The van der Waals surface area contributed by atoms with Crippen molar-refractivity contribution in [3.8, 4) is 5.75 Å². The van der Waals surface area contributed by atoms with Gasteiger partial charge in [0.2, 0.25) is 5.91 Å². The highest BCUT2D eigenvalue weighted by atomic mass is 32.1. The number of benzene rings is 1. The fourth-order valence-electron chi connectivity index (χ4n) is 3.29. The number of unbranched alkanes of at least 4 members (excludes halogenated alkanes) is 2. The molecule has 2 rings (SSSR count). The van der Waals surface area contributed by atoms with Crippen LogP contribution in [0, 0.1) is 5.92 Å². The fraction of sp³-hybridized carbons (Fsp3) is 0.619. The van der Waals surface area contributed by atoms with E-state index in [1.54, 1.807) is 7.11 Å². The van der Waals surface area contributed by atoms with Gasteiger partial charge in [-0.05, 0) is 55.6 Å². The van der Waals surface area contributed by atoms with E-state index in [-0.39, 0.29) is 11.8 Å². The number of amides is 1. The summed E-state index contributed by atoms with van der Waals surface area (Å²) in [5.74, 6) is 1.22. The van der Waals surface area contributed by atoms with Crippen LogP contribution in [0.1, 0.15) is 44.6 Å². The molecule has 1 heterocycles. The third-order valence-electron chi connectivity index (χ3n) is 5.08. The number of nitrogens with one attached hydrogen (secondary N) is 2. The molecular weight excluding hydrogens is 358 g/mol. The second kappa shape index (κ2) is 11.8. The predicted molar refractivity (Wildman–Crippen MR) is 114 cm³/mol. The topological polar surface area (TPSA) is 53.6 Å². The van der Waals surface area contributed by atoms with Crippen LogP contribution < -0.4 is 15.4 Å². The molecule has 6 heteroatoms. The number of methoxy groups -OCH3 is 1. The maximum absolute atomic E-state index is 12.2. The van der Waals surface area contributed by atoms with E-state index in [2.05, 4.69) is 34.6 Å². The number of likely N-dealkylation sites (tertiary alicyclic amines) is 1. The minimum Gasteiger partial charge on any atom is -0.497 e. The van der Waals surface area contributed by atoms with Gasteiger partial charge in [-0.1, -0.05) is 31.9 Å². The fourth-order valence-corrected chi connectivity index (χ4v) is 3.58. The molecule has 0 spiro atoms. The summed E-state index contributed by atoms with van der Waals surface area (Å²) >= 11 is 5.53. The van der Waals surface area contributed by atoms with Crippen molar-refractivity contribution in [3.63, 3.8) is 0 Å². The van der Waals surface area contributed by atoms with Crippen molar-refractivity contribution in [2.24, 2.45) is 5.92 Å². The first-order valence-electron chi connectivity index (χ1n) is 10.1. The highest BCUT2D eigenvalue weighted by molar-refractivity contribution is 7.80. The Labute approximate surface area is 168 Å². The summed E-state index contributed by atoms with van der Waals surface area (Å²) in [5, 5.41) is 7.22. The summed E-state index contributed by atoms with van der Waals surface area (Å²) in [4.78, 5) is 14.4. The monoisotopic (exact) mass is 391 g/mol. The van der Waals surface area contributed by atoms with E-state index in [1.807, 2.05) is 12.1 Å². The average molecular weight is 392 g/mol. The van der Waals surface area contributed by atoms with Crippen LogP contribution in [0.5, 0.6) is 5.75 Å². The van der Waals surface area contributed by atoms with Crippen LogP contribution in [-0.2, 0) is 11.2 Å². The summed E-state index contributed by atoms with van der Waals surface area (Å²) < 4.78 is 5.18. The Hall–Kier alpha value is -1.82. The molecule has 1 aliphatic rings. The predicted octanol–water partition coefficient (Wildman–Crippen LogP) is 3.13. The molecule has 0 aromatic heterocycles. The van der Waals surface area contributed by atoms with Gasteiger partial charge in [-0.25, -0.2) is 0 Å². The third-order valence-corrected chi connectivity index (χ3v) is 5.48. The number of carbonyl (C=O) groups is 1. The molecule has 0 unspecified atom stereocenters. The molecule has 1 amide bonds. The molecule has 1 saturated heterocycles. The van der Waals surface area contributed by atoms with Gasteiger partial charge in [-0.3, -0.25) is 4.79 Å². The highest BCUT2D eigenvalue weighted by Gasteiger charge is 2.25. The Balaban J connectivity index is 1.63. The summed E-state index contributed by atoms with van der Waals surface area (Å²) in [6.45, 7) is 5.48. The number of carbonyl (C=O) groups excluding carboxylic acids is 1. The molecule has 150 valence electrons. The zero-order valence-electron chi connectivity index (χ0n) is 16.6. The van der Waals surface area contributed by atoms with E-state index < -0.39 is 0 Å². The zero-order valence-corrected chi connectivity index (χ0v) is 17.4. The normalized spacial score (nSPS) is 14.7. The van der Waals surface area contributed by atoms with Gasteiger partial charge in [0.25, 0.3) is 0 Å². The van der Waals surface area contributed by atoms with Crippen LogP contribution in [0.15, 0.2) is 24.3 Å². The van der Waals surface area contributed by atoms with Gasteiger partial charge >= 0.3 is 0 Å². The molecule has 2 N–H and O–H groups in total. The first kappa shape index (κ1) is 21.5. The number of hydrogen-bond acceptors (Lipinski definition) is 3. The van der Waals surface area contributed by atoms with E-state index in [0.717, 1.165) is 62.7 Å². The van der Waals surface area contributed by atoms with Crippen LogP contribution >= 0.6 is 12.2 Å². The lowest BCUT2D eigenvalue weighted by molar-refractivity contribution is -0.126. The maximum atomic E-state index is 12.2. The van der Waals surface area contributed by atoms with Gasteiger partial charge in [0.1, 0.15) is 5.75 Å². The standard InChI is InChI=1S/C21H33N3O2S/c1-3-4-5-13-22-20(25)18-11-15-24(16-12-18)21(27)23-14-10-17-6-8-19(26-2)9-7-17/h6-9,18H,3-5,10-16H2,1-2H3,(H,22,25)(H,23,27).